The molecular formula is C13H8F3IN2O. The van der Waals surface area contributed by atoms with Crippen LogP contribution in [-0.2, 0) is 6.18 Å². The van der Waals surface area contributed by atoms with Crippen LogP contribution < -0.4 is 5.32 Å². The zero-order valence-corrected chi connectivity index (χ0v) is 12.1. The number of anilines is 1. The van der Waals surface area contributed by atoms with Gasteiger partial charge >= 0.3 is 6.18 Å². The molecule has 3 nitrogen and oxygen atoms in total. The van der Waals surface area contributed by atoms with Gasteiger partial charge in [0.1, 0.15) is 5.69 Å². The van der Waals surface area contributed by atoms with Gasteiger partial charge in [0.2, 0.25) is 0 Å². The third kappa shape index (κ3) is 3.69. The average molecular weight is 392 g/mol. The van der Waals surface area contributed by atoms with E-state index in [1.165, 1.54) is 0 Å². The number of nitrogens with one attached hydrogen (secondary N) is 1. The fourth-order valence-corrected chi connectivity index (χ4v) is 1.82. The molecule has 1 heterocycles. The topological polar surface area (TPSA) is 42.0 Å². The Balaban J connectivity index is 2.19. The van der Waals surface area contributed by atoms with Gasteiger partial charge in [0.05, 0.1) is 5.56 Å². The molecule has 1 aromatic heterocycles. The highest BCUT2D eigenvalue weighted by molar-refractivity contribution is 14.1. The predicted octanol–water partition coefficient (Wildman–Crippen LogP) is 3.96. The Morgan fingerprint density at radius 3 is 2.40 bits per heavy atom. The van der Waals surface area contributed by atoms with Gasteiger partial charge in [-0.25, -0.2) is 0 Å². The molecule has 0 saturated heterocycles. The Kier molecular flexibility index (Phi) is 4.26. The molecule has 2 rings (SSSR count). The van der Waals surface area contributed by atoms with Crippen LogP contribution in [0.4, 0.5) is 18.9 Å². The lowest BCUT2D eigenvalue weighted by atomic mass is 10.2. The number of hydrogen-bond acceptors (Lipinski definition) is 2. The van der Waals surface area contributed by atoms with Crippen molar-refractivity contribution in [2.75, 3.05) is 5.32 Å². The molecule has 0 atom stereocenters. The smallest absolute Gasteiger partial charge is 0.321 e. The number of carbonyl (C=O) groups excluding carboxylic acids is 1. The number of alkyl halides is 3. The molecule has 1 amide bonds. The number of hydrogen-bond donors (Lipinski definition) is 1. The zero-order valence-electron chi connectivity index (χ0n) is 9.91. The quantitative estimate of drug-likeness (QED) is 0.787. The maximum Gasteiger partial charge on any atom is 0.416 e. The summed E-state index contributed by atoms with van der Waals surface area (Å²) in [5, 5.41) is 2.49. The van der Waals surface area contributed by atoms with E-state index in [1.807, 2.05) is 0 Å². The van der Waals surface area contributed by atoms with Crippen LogP contribution >= 0.6 is 22.6 Å². The van der Waals surface area contributed by atoms with Crippen molar-refractivity contribution in [3.8, 4) is 0 Å². The Morgan fingerprint density at radius 1 is 1.15 bits per heavy atom. The number of nitrogens with zero attached hydrogens (tertiary/aromatic N) is 1. The third-order valence-electron chi connectivity index (χ3n) is 2.42. The van der Waals surface area contributed by atoms with Gasteiger partial charge in [0.25, 0.3) is 5.91 Å². The highest BCUT2D eigenvalue weighted by atomic mass is 127. The van der Waals surface area contributed by atoms with Crippen LogP contribution in [0.1, 0.15) is 16.1 Å². The molecule has 0 saturated carbocycles. The van der Waals surface area contributed by atoms with E-state index in [0.717, 1.165) is 21.9 Å². The van der Waals surface area contributed by atoms with Crippen LogP contribution in [-0.4, -0.2) is 10.9 Å². The van der Waals surface area contributed by atoms with Gasteiger partial charge in [-0.2, -0.15) is 13.2 Å². The van der Waals surface area contributed by atoms with E-state index in [9.17, 15) is 18.0 Å². The fourth-order valence-electron chi connectivity index (χ4n) is 1.46. The first kappa shape index (κ1) is 14.8. The maximum atomic E-state index is 12.5. The predicted molar refractivity (Wildman–Crippen MR) is 76.4 cm³/mol. The van der Waals surface area contributed by atoms with Gasteiger partial charge in [0, 0.05) is 15.5 Å². The molecule has 0 spiro atoms. The minimum Gasteiger partial charge on any atom is -0.321 e. The molecule has 0 unspecified atom stereocenters. The zero-order chi connectivity index (χ0) is 14.8. The Morgan fingerprint density at radius 2 is 1.80 bits per heavy atom. The van der Waals surface area contributed by atoms with E-state index >= 15 is 0 Å². The van der Waals surface area contributed by atoms with Crippen LogP contribution in [0.2, 0.25) is 0 Å². The molecule has 1 N–H and O–H groups in total. The first-order valence-electron chi connectivity index (χ1n) is 5.46. The summed E-state index contributed by atoms with van der Waals surface area (Å²) in [7, 11) is 0. The van der Waals surface area contributed by atoms with Gasteiger partial charge in [-0.15, -0.1) is 0 Å². The van der Waals surface area contributed by atoms with Crippen molar-refractivity contribution >= 4 is 34.2 Å². The lowest BCUT2D eigenvalue weighted by molar-refractivity contribution is -0.137. The van der Waals surface area contributed by atoms with Crippen molar-refractivity contribution in [1.82, 2.24) is 4.98 Å². The van der Waals surface area contributed by atoms with Crippen molar-refractivity contribution in [3.63, 3.8) is 0 Å². The Hall–Kier alpha value is -1.64. The summed E-state index contributed by atoms with van der Waals surface area (Å²) in [6.45, 7) is 0. The molecule has 104 valence electrons. The normalized spacial score (nSPS) is 11.2. The molecule has 0 aliphatic heterocycles. The maximum absolute atomic E-state index is 12.5. The van der Waals surface area contributed by atoms with Crippen molar-refractivity contribution in [1.29, 1.82) is 0 Å². The minimum absolute atomic E-state index is 0.279. The summed E-state index contributed by atoms with van der Waals surface area (Å²) in [6.07, 6.45) is -3.54. The van der Waals surface area contributed by atoms with Crippen LogP contribution in [0.15, 0.2) is 42.6 Å². The number of rotatable bonds is 2. The molecule has 0 bridgehead atoms. The highest BCUT2D eigenvalue weighted by Crippen LogP contribution is 2.29. The number of benzene rings is 1. The summed E-state index contributed by atoms with van der Waals surface area (Å²) in [5.74, 6) is -0.683. The second-order valence-corrected chi connectivity index (χ2v) is 5.13. The summed E-state index contributed by atoms with van der Waals surface area (Å²) in [6, 6.07) is 8.41. The highest BCUT2D eigenvalue weighted by Gasteiger charge is 2.31. The number of pyridine rings is 1. The Labute approximate surface area is 126 Å². The molecule has 0 aliphatic carbocycles. The molecule has 7 heteroatoms. The van der Waals surface area contributed by atoms with E-state index in [2.05, 4.69) is 32.9 Å². The van der Waals surface area contributed by atoms with Gasteiger partial charge in [0.15, 0.2) is 0 Å². The molecule has 1 aromatic carbocycles. The third-order valence-corrected chi connectivity index (χ3v) is 3.14. The summed E-state index contributed by atoms with van der Waals surface area (Å²) in [5.41, 5.74) is -0.687. The van der Waals surface area contributed by atoms with Crippen LogP contribution in [0.25, 0.3) is 0 Å². The van der Waals surface area contributed by atoms with Crippen LogP contribution in [0.3, 0.4) is 0 Å². The van der Waals surface area contributed by atoms with E-state index < -0.39 is 17.6 Å². The second-order valence-electron chi connectivity index (χ2n) is 3.89. The van der Waals surface area contributed by atoms with Crippen molar-refractivity contribution in [2.24, 2.45) is 0 Å². The Bertz CT molecular complexity index is 626. The largest absolute Gasteiger partial charge is 0.416 e. The molecule has 0 fully saturated rings. The van der Waals surface area contributed by atoms with E-state index in [4.69, 9.17) is 0 Å². The van der Waals surface area contributed by atoms with Gasteiger partial charge in [-0.05, 0) is 59.0 Å². The van der Waals surface area contributed by atoms with Crippen molar-refractivity contribution in [3.05, 3.63) is 57.4 Å². The lowest BCUT2D eigenvalue weighted by Crippen LogP contribution is -2.15. The molecule has 2 aromatic rings. The standard InChI is InChI=1S/C13H8F3IN2O/c14-13(15,16)8-5-6-18-11(7-8)12(20)19-10-3-1-9(17)2-4-10/h1-7H,(H,19,20). The number of carbonyl (C=O) groups is 1. The molecular weight excluding hydrogens is 384 g/mol. The minimum atomic E-state index is -4.50. The number of halogens is 4. The summed E-state index contributed by atoms with van der Waals surface area (Å²) < 4.78 is 38.6. The first-order valence-corrected chi connectivity index (χ1v) is 6.54. The van der Waals surface area contributed by atoms with E-state index in [-0.39, 0.29) is 5.69 Å². The van der Waals surface area contributed by atoms with Crippen molar-refractivity contribution < 1.29 is 18.0 Å². The molecule has 20 heavy (non-hydrogen) atoms. The second kappa shape index (κ2) is 5.78. The van der Waals surface area contributed by atoms with Gasteiger partial charge < -0.3 is 5.32 Å². The molecule has 0 aliphatic rings. The fraction of sp³-hybridized carbons (Fsp3) is 0.0769. The van der Waals surface area contributed by atoms with E-state index in [1.54, 1.807) is 24.3 Å². The summed E-state index contributed by atoms with van der Waals surface area (Å²) >= 11 is 2.10. The average Bonchev–Trinajstić information content (AvgIpc) is 2.40. The van der Waals surface area contributed by atoms with Crippen molar-refractivity contribution in [2.45, 2.75) is 6.18 Å². The monoisotopic (exact) mass is 392 g/mol. The number of amides is 1. The lowest BCUT2D eigenvalue weighted by Gasteiger charge is -2.08. The van der Waals surface area contributed by atoms with E-state index in [0.29, 0.717) is 5.69 Å². The molecule has 0 radical (unpaired) electrons. The van der Waals surface area contributed by atoms with Gasteiger partial charge in [-0.3, -0.25) is 9.78 Å². The number of aromatic nitrogens is 1. The van der Waals surface area contributed by atoms with Crippen LogP contribution in [0.5, 0.6) is 0 Å². The first-order chi connectivity index (χ1) is 9.36. The SMILES string of the molecule is O=C(Nc1ccc(I)cc1)c1cc(C(F)(F)F)ccn1. The summed E-state index contributed by atoms with van der Waals surface area (Å²) in [4.78, 5) is 15.5. The van der Waals surface area contributed by atoms with Crippen LogP contribution in [0, 0.1) is 3.57 Å². The van der Waals surface area contributed by atoms with Gasteiger partial charge in [-0.1, -0.05) is 0 Å².